The molecule has 1 aliphatic heterocycles. The van der Waals surface area contributed by atoms with Gasteiger partial charge in [-0.25, -0.2) is 9.78 Å². The summed E-state index contributed by atoms with van der Waals surface area (Å²) in [6, 6.07) is 7.66. The number of piperidine rings is 1. The molecule has 0 N–H and O–H groups in total. The van der Waals surface area contributed by atoms with E-state index in [0.29, 0.717) is 5.69 Å². The highest BCUT2D eigenvalue weighted by molar-refractivity contribution is 7.09. The summed E-state index contributed by atoms with van der Waals surface area (Å²) in [7, 11) is 0. The van der Waals surface area contributed by atoms with Gasteiger partial charge in [-0.1, -0.05) is 0 Å². The number of carbonyl (C=O) groups is 2. The number of ether oxygens (including phenoxy) is 1. The van der Waals surface area contributed by atoms with Gasteiger partial charge in [0.15, 0.2) is 11.5 Å². The second-order valence-corrected chi connectivity index (χ2v) is 7.01. The van der Waals surface area contributed by atoms with Crippen LogP contribution in [0.4, 0.5) is 5.69 Å². The van der Waals surface area contributed by atoms with Crippen LogP contribution in [0.3, 0.4) is 0 Å². The summed E-state index contributed by atoms with van der Waals surface area (Å²) >= 11 is 1.45. The maximum Gasteiger partial charge on any atom is 0.358 e. The highest BCUT2D eigenvalue weighted by Crippen LogP contribution is 2.23. The summed E-state index contributed by atoms with van der Waals surface area (Å²) in [5.74, 6) is -0.256. The Morgan fingerprint density at radius 1 is 1.21 bits per heavy atom. The van der Waals surface area contributed by atoms with Gasteiger partial charge >= 0.3 is 5.97 Å². The molecule has 2 heterocycles. The molecular weight excluding hydrogens is 324 g/mol. The third-order valence-corrected chi connectivity index (χ3v) is 4.96. The van der Waals surface area contributed by atoms with Crippen LogP contribution >= 0.6 is 11.3 Å². The Morgan fingerprint density at radius 3 is 2.42 bits per heavy atom. The number of ketones is 1. The SMILES string of the molecule is CC(=O)c1ccc(N2CCC(OC(=O)c3csc(C)n3)CC2)cc1. The van der Waals surface area contributed by atoms with Crippen molar-refractivity contribution in [3.05, 3.63) is 45.9 Å². The zero-order valence-electron chi connectivity index (χ0n) is 13.8. The maximum atomic E-state index is 12.1. The van der Waals surface area contributed by atoms with E-state index in [9.17, 15) is 9.59 Å². The molecule has 5 nitrogen and oxygen atoms in total. The normalized spacial score (nSPS) is 15.3. The molecule has 3 rings (SSSR count). The molecule has 24 heavy (non-hydrogen) atoms. The summed E-state index contributed by atoms with van der Waals surface area (Å²) in [6.45, 7) is 5.09. The molecule has 2 aromatic rings. The average molecular weight is 344 g/mol. The number of aromatic nitrogens is 1. The summed E-state index contributed by atoms with van der Waals surface area (Å²) in [6.07, 6.45) is 1.53. The van der Waals surface area contributed by atoms with E-state index in [4.69, 9.17) is 4.74 Å². The number of anilines is 1. The van der Waals surface area contributed by atoms with Crippen molar-refractivity contribution < 1.29 is 14.3 Å². The molecule has 0 atom stereocenters. The number of esters is 1. The summed E-state index contributed by atoms with van der Waals surface area (Å²) in [5.41, 5.74) is 2.22. The van der Waals surface area contributed by atoms with Crippen molar-refractivity contribution in [2.45, 2.75) is 32.8 Å². The van der Waals surface area contributed by atoms with Crippen molar-refractivity contribution in [2.75, 3.05) is 18.0 Å². The molecule has 0 unspecified atom stereocenters. The van der Waals surface area contributed by atoms with E-state index in [0.717, 1.165) is 42.2 Å². The van der Waals surface area contributed by atoms with E-state index in [-0.39, 0.29) is 17.9 Å². The third-order valence-electron chi connectivity index (χ3n) is 4.18. The molecule has 1 aromatic carbocycles. The lowest BCUT2D eigenvalue weighted by molar-refractivity contribution is 0.0239. The number of hydrogen-bond donors (Lipinski definition) is 0. The van der Waals surface area contributed by atoms with E-state index in [1.807, 2.05) is 31.2 Å². The van der Waals surface area contributed by atoms with Crippen LogP contribution in [-0.4, -0.2) is 35.9 Å². The van der Waals surface area contributed by atoms with Gasteiger partial charge in [0, 0.05) is 42.6 Å². The summed E-state index contributed by atoms with van der Waals surface area (Å²) in [5, 5.41) is 2.61. The highest BCUT2D eigenvalue weighted by Gasteiger charge is 2.24. The van der Waals surface area contributed by atoms with Gasteiger partial charge in [0.05, 0.1) is 5.01 Å². The van der Waals surface area contributed by atoms with Crippen molar-refractivity contribution >= 4 is 28.8 Å². The zero-order valence-corrected chi connectivity index (χ0v) is 14.6. The predicted molar refractivity (Wildman–Crippen MR) is 93.9 cm³/mol. The third kappa shape index (κ3) is 3.82. The quantitative estimate of drug-likeness (QED) is 0.628. The number of nitrogens with zero attached hydrogens (tertiary/aromatic N) is 2. The van der Waals surface area contributed by atoms with Gasteiger partial charge in [-0.2, -0.15) is 0 Å². The first-order chi connectivity index (χ1) is 11.5. The van der Waals surface area contributed by atoms with Crippen LogP contribution in [0.25, 0.3) is 0 Å². The average Bonchev–Trinajstić information content (AvgIpc) is 3.02. The van der Waals surface area contributed by atoms with E-state index in [1.54, 1.807) is 12.3 Å². The monoisotopic (exact) mass is 344 g/mol. The Bertz CT molecular complexity index is 731. The fourth-order valence-corrected chi connectivity index (χ4v) is 3.39. The van der Waals surface area contributed by atoms with Crippen molar-refractivity contribution in [1.29, 1.82) is 0 Å². The van der Waals surface area contributed by atoms with Crippen molar-refractivity contribution in [3.63, 3.8) is 0 Å². The molecule has 0 radical (unpaired) electrons. The standard InChI is InChI=1S/C18H20N2O3S/c1-12(21)14-3-5-15(6-4-14)20-9-7-16(8-10-20)23-18(22)17-11-24-13(2)19-17/h3-6,11,16H,7-10H2,1-2H3. The van der Waals surface area contributed by atoms with Gasteiger partial charge in [-0.15, -0.1) is 11.3 Å². The lowest BCUT2D eigenvalue weighted by Gasteiger charge is -2.33. The number of thiazole rings is 1. The van der Waals surface area contributed by atoms with Gasteiger partial charge in [0.1, 0.15) is 6.10 Å². The summed E-state index contributed by atoms with van der Waals surface area (Å²) in [4.78, 5) is 29.8. The van der Waals surface area contributed by atoms with Gasteiger partial charge < -0.3 is 9.64 Å². The Morgan fingerprint density at radius 2 is 1.88 bits per heavy atom. The number of hydrogen-bond acceptors (Lipinski definition) is 6. The van der Waals surface area contributed by atoms with Gasteiger partial charge in [0.25, 0.3) is 0 Å². The molecule has 1 fully saturated rings. The largest absolute Gasteiger partial charge is 0.457 e. The second-order valence-electron chi connectivity index (χ2n) is 5.95. The fourth-order valence-electron chi connectivity index (χ4n) is 2.81. The summed E-state index contributed by atoms with van der Waals surface area (Å²) < 4.78 is 5.56. The minimum Gasteiger partial charge on any atom is -0.457 e. The van der Waals surface area contributed by atoms with Crippen molar-refractivity contribution in [1.82, 2.24) is 4.98 Å². The zero-order chi connectivity index (χ0) is 17.1. The molecule has 1 aromatic heterocycles. The molecule has 0 spiro atoms. The molecule has 1 saturated heterocycles. The highest BCUT2D eigenvalue weighted by atomic mass is 32.1. The topological polar surface area (TPSA) is 59.5 Å². The smallest absolute Gasteiger partial charge is 0.358 e. The maximum absolute atomic E-state index is 12.1. The second kappa shape index (κ2) is 7.13. The van der Waals surface area contributed by atoms with Crippen LogP contribution in [0.1, 0.15) is 45.6 Å². The molecule has 126 valence electrons. The molecular formula is C18H20N2O3S. The van der Waals surface area contributed by atoms with E-state index in [2.05, 4.69) is 9.88 Å². The number of benzene rings is 1. The number of Topliss-reactive ketones (excluding diaryl/α,β-unsaturated/α-hetero) is 1. The first-order valence-corrected chi connectivity index (χ1v) is 8.90. The van der Waals surface area contributed by atoms with Gasteiger partial charge in [0.2, 0.25) is 0 Å². The predicted octanol–water partition coefficient (Wildman–Crippen LogP) is 3.48. The Balaban J connectivity index is 1.53. The van der Waals surface area contributed by atoms with Crippen LogP contribution in [0, 0.1) is 6.92 Å². The van der Waals surface area contributed by atoms with E-state index < -0.39 is 0 Å². The molecule has 6 heteroatoms. The molecule has 0 saturated carbocycles. The van der Waals surface area contributed by atoms with E-state index >= 15 is 0 Å². The number of rotatable bonds is 4. The Labute approximate surface area is 145 Å². The van der Waals surface area contributed by atoms with Crippen LogP contribution in [0.5, 0.6) is 0 Å². The van der Waals surface area contributed by atoms with Crippen LogP contribution in [-0.2, 0) is 4.74 Å². The van der Waals surface area contributed by atoms with Gasteiger partial charge in [-0.05, 0) is 38.1 Å². The van der Waals surface area contributed by atoms with Crippen LogP contribution < -0.4 is 4.90 Å². The molecule has 0 aliphatic carbocycles. The molecule has 1 aliphatic rings. The van der Waals surface area contributed by atoms with E-state index in [1.165, 1.54) is 11.3 Å². The minimum absolute atomic E-state index is 0.0627. The Hall–Kier alpha value is -2.21. The first-order valence-electron chi connectivity index (χ1n) is 8.02. The lowest BCUT2D eigenvalue weighted by atomic mass is 10.1. The fraction of sp³-hybridized carbons (Fsp3) is 0.389. The first kappa shape index (κ1) is 16.6. The van der Waals surface area contributed by atoms with Crippen molar-refractivity contribution in [3.8, 4) is 0 Å². The number of carbonyl (C=O) groups excluding carboxylic acids is 2. The molecule has 0 bridgehead atoms. The van der Waals surface area contributed by atoms with Crippen molar-refractivity contribution in [2.24, 2.45) is 0 Å². The molecule has 0 amide bonds. The minimum atomic E-state index is -0.330. The van der Waals surface area contributed by atoms with Crippen LogP contribution in [0.15, 0.2) is 29.6 Å². The number of aryl methyl sites for hydroxylation is 1. The Kier molecular flexibility index (Phi) is 4.94. The van der Waals surface area contributed by atoms with Crippen LogP contribution in [0.2, 0.25) is 0 Å². The lowest BCUT2D eigenvalue weighted by Crippen LogP contribution is -2.37. The van der Waals surface area contributed by atoms with Gasteiger partial charge in [-0.3, -0.25) is 4.79 Å².